The van der Waals surface area contributed by atoms with Crippen LogP contribution in [0.5, 0.6) is 0 Å². The molecular weight excluding hydrogens is 223 g/mol. The summed E-state index contributed by atoms with van der Waals surface area (Å²) in [6.45, 7) is 6.49. The molecule has 4 heteroatoms. The fourth-order valence-electron chi connectivity index (χ4n) is 1.58. The van der Waals surface area contributed by atoms with Crippen LogP contribution in [0, 0.1) is 5.82 Å². The molecule has 0 atom stereocenters. The van der Waals surface area contributed by atoms with Crippen molar-refractivity contribution in [3.8, 4) is 0 Å². The van der Waals surface area contributed by atoms with Gasteiger partial charge >= 0.3 is 0 Å². The molecular formula is C12H17FN2S. The van der Waals surface area contributed by atoms with Gasteiger partial charge in [-0.05, 0) is 19.2 Å². The van der Waals surface area contributed by atoms with Gasteiger partial charge in [-0.3, -0.25) is 4.90 Å². The van der Waals surface area contributed by atoms with Gasteiger partial charge in [0.2, 0.25) is 0 Å². The first kappa shape index (κ1) is 13.1. The number of nitrogens with two attached hydrogens (primary N) is 1. The van der Waals surface area contributed by atoms with E-state index in [1.807, 2.05) is 0 Å². The summed E-state index contributed by atoms with van der Waals surface area (Å²) < 4.78 is 14.0. The number of nitrogens with zero attached hydrogens (tertiary/aromatic N) is 1. The van der Waals surface area contributed by atoms with Crippen molar-refractivity contribution in [2.75, 3.05) is 13.1 Å². The Morgan fingerprint density at radius 3 is 2.50 bits per heavy atom. The minimum absolute atomic E-state index is 0.110. The van der Waals surface area contributed by atoms with Crippen molar-refractivity contribution < 1.29 is 4.39 Å². The summed E-state index contributed by atoms with van der Waals surface area (Å²) in [4.78, 5) is 2.25. The summed E-state index contributed by atoms with van der Waals surface area (Å²) in [6.07, 6.45) is 0. The Morgan fingerprint density at radius 1 is 1.38 bits per heavy atom. The van der Waals surface area contributed by atoms with Gasteiger partial charge in [0.1, 0.15) is 10.8 Å². The van der Waals surface area contributed by atoms with Gasteiger partial charge in [-0.25, -0.2) is 4.39 Å². The fraction of sp³-hybridized carbons (Fsp3) is 0.417. The Labute approximate surface area is 101 Å². The van der Waals surface area contributed by atoms with Crippen LogP contribution < -0.4 is 5.73 Å². The third kappa shape index (κ3) is 3.00. The SMILES string of the molecule is CCN(CC)Cc1cccc(C(N)=S)c1F. The van der Waals surface area contributed by atoms with Gasteiger partial charge in [-0.15, -0.1) is 0 Å². The maximum atomic E-state index is 14.0. The monoisotopic (exact) mass is 240 g/mol. The molecule has 0 heterocycles. The first-order valence-electron chi connectivity index (χ1n) is 5.39. The van der Waals surface area contributed by atoms with E-state index in [2.05, 4.69) is 18.7 Å². The summed E-state index contributed by atoms with van der Waals surface area (Å²) in [6, 6.07) is 5.18. The van der Waals surface area contributed by atoms with Crippen molar-refractivity contribution in [3.63, 3.8) is 0 Å². The van der Waals surface area contributed by atoms with Crippen LogP contribution in [0.3, 0.4) is 0 Å². The van der Waals surface area contributed by atoms with Crippen molar-refractivity contribution in [1.29, 1.82) is 0 Å². The number of halogens is 1. The smallest absolute Gasteiger partial charge is 0.137 e. The molecule has 0 unspecified atom stereocenters. The largest absolute Gasteiger partial charge is 0.389 e. The van der Waals surface area contributed by atoms with Crippen LogP contribution >= 0.6 is 12.2 Å². The first-order chi connectivity index (χ1) is 7.60. The molecule has 0 radical (unpaired) electrons. The van der Waals surface area contributed by atoms with Gasteiger partial charge in [-0.2, -0.15) is 0 Å². The van der Waals surface area contributed by atoms with Crippen molar-refractivity contribution in [2.24, 2.45) is 5.73 Å². The molecule has 0 saturated carbocycles. The topological polar surface area (TPSA) is 29.3 Å². The van der Waals surface area contributed by atoms with Crippen LogP contribution in [0.15, 0.2) is 18.2 Å². The Kier molecular flexibility index (Phi) is 4.83. The molecule has 1 aromatic rings. The number of benzene rings is 1. The predicted molar refractivity (Wildman–Crippen MR) is 68.9 cm³/mol. The molecule has 2 nitrogen and oxygen atoms in total. The van der Waals surface area contributed by atoms with Gasteiger partial charge in [0.25, 0.3) is 0 Å². The standard InChI is InChI=1S/C12H17FN2S/c1-3-15(4-2)8-9-6-5-7-10(11(9)13)12(14)16/h5-7H,3-4,8H2,1-2H3,(H2,14,16). The molecule has 0 aliphatic rings. The van der Waals surface area contributed by atoms with Gasteiger partial charge in [-0.1, -0.05) is 38.2 Å². The van der Waals surface area contributed by atoms with E-state index in [0.29, 0.717) is 17.7 Å². The fourth-order valence-corrected chi connectivity index (χ4v) is 1.74. The average Bonchev–Trinajstić information content (AvgIpc) is 2.27. The normalized spacial score (nSPS) is 10.8. The highest BCUT2D eigenvalue weighted by molar-refractivity contribution is 7.80. The minimum Gasteiger partial charge on any atom is -0.389 e. The zero-order valence-corrected chi connectivity index (χ0v) is 10.5. The van der Waals surface area contributed by atoms with Gasteiger partial charge in [0.05, 0.1) is 0 Å². The third-order valence-corrected chi connectivity index (χ3v) is 2.85. The molecule has 0 aliphatic carbocycles. The highest BCUT2D eigenvalue weighted by atomic mass is 32.1. The van der Waals surface area contributed by atoms with Crippen molar-refractivity contribution in [1.82, 2.24) is 4.90 Å². The van der Waals surface area contributed by atoms with Crippen molar-refractivity contribution in [3.05, 3.63) is 35.1 Å². The van der Waals surface area contributed by atoms with Crippen LogP contribution in [0.4, 0.5) is 4.39 Å². The molecule has 0 bridgehead atoms. The van der Waals surface area contributed by atoms with E-state index < -0.39 is 0 Å². The molecule has 16 heavy (non-hydrogen) atoms. The van der Waals surface area contributed by atoms with Crippen LogP contribution in [0.25, 0.3) is 0 Å². The average molecular weight is 240 g/mol. The highest BCUT2D eigenvalue weighted by Gasteiger charge is 2.11. The number of hydrogen-bond acceptors (Lipinski definition) is 2. The molecule has 88 valence electrons. The molecule has 0 saturated heterocycles. The Morgan fingerprint density at radius 2 is 2.00 bits per heavy atom. The zero-order valence-electron chi connectivity index (χ0n) is 9.66. The van der Waals surface area contributed by atoms with Gasteiger partial charge in [0.15, 0.2) is 0 Å². The second-order valence-corrected chi connectivity index (χ2v) is 4.04. The van der Waals surface area contributed by atoms with Crippen LogP contribution in [0.2, 0.25) is 0 Å². The lowest BCUT2D eigenvalue weighted by atomic mass is 10.1. The summed E-state index contributed by atoms with van der Waals surface area (Å²) in [7, 11) is 0. The zero-order chi connectivity index (χ0) is 12.1. The maximum absolute atomic E-state index is 14.0. The summed E-state index contributed by atoms with van der Waals surface area (Å²) in [5.41, 5.74) is 6.44. The Bertz CT molecular complexity index is 375. The van der Waals surface area contributed by atoms with Crippen LogP contribution in [-0.2, 0) is 6.54 Å². The molecule has 0 amide bonds. The number of rotatable bonds is 5. The van der Waals surface area contributed by atoms with E-state index in [1.54, 1.807) is 18.2 Å². The molecule has 0 aromatic heterocycles. The maximum Gasteiger partial charge on any atom is 0.137 e. The third-order valence-electron chi connectivity index (χ3n) is 2.63. The summed E-state index contributed by atoms with van der Waals surface area (Å²) >= 11 is 4.80. The Hall–Kier alpha value is -1.00. The second kappa shape index (κ2) is 5.92. The summed E-state index contributed by atoms with van der Waals surface area (Å²) in [5.74, 6) is -0.290. The van der Waals surface area contributed by atoms with Crippen molar-refractivity contribution in [2.45, 2.75) is 20.4 Å². The lowest BCUT2D eigenvalue weighted by molar-refractivity contribution is 0.291. The first-order valence-corrected chi connectivity index (χ1v) is 5.80. The minimum atomic E-state index is -0.290. The van der Waals surface area contributed by atoms with Crippen molar-refractivity contribution >= 4 is 17.2 Å². The van der Waals surface area contributed by atoms with Crippen LogP contribution in [0.1, 0.15) is 25.0 Å². The van der Waals surface area contributed by atoms with E-state index in [1.165, 1.54) is 0 Å². The molecule has 1 rings (SSSR count). The van der Waals surface area contributed by atoms with E-state index in [4.69, 9.17) is 18.0 Å². The van der Waals surface area contributed by atoms with Crippen LogP contribution in [-0.4, -0.2) is 23.0 Å². The lowest BCUT2D eigenvalue weighted by Crippen LogP contribution is -2.23. The number of hydrogen-bond donors (Lipinski definition) is 1. The molecule has 0 aliphatic heterocycles. The quantitative estimate of drug-likeness (QED) is 0.801. The lowest BCUT2D eigenvalue weighted by Gasteiger charge is -2.18. The van der Waals surface area contributed by atoms with E-state index >= 15 is 0 Å². The van der Waals surface area contributed by atoms with E-state index in [9.17, 15) is 4.39 Å². The molecule has 2 N–H and O–H groups in total. The second-order valence-electron chi connectivity index (χ2n) is 3.60. The van der Waals surface area contributed by atoms with Gasteiger partial charge < -0.3 is 5.73 Å². The molecule has 0 spiro atoms. The molecule has 1 aromatic carbocycles. The van der Waals surface area contributed by atoms with Gasteiger partial charge in [0, 0.05) is 17.7 Å². The summed E-state index contributed by atoms with van der Waals surface area (Å²) in [5, 5.41) is 0. The number of thiocarbonyl (C=S) groups is 1. The molecule has 0 fully saturated rings. The van der Waals surface area contributed by atoms with E-state index in [0.717, 1.165) is 13.1 Å². The predicted octanol–water partition coefficient (Wildman–Crippen LogP) is 2.30. The van der Waals surface area contributed by atoms with E-state index in [-0.39, 0.29) is 10.8 Å². The highest BCUT2D eigenvalue weighted by Crippen LogP contribution is 2.15. The Balaban J connectivity index is 2.97.